The molecule has 1 aromatic heterocycles. The van der Waals surface area contributed by atoms with Gasteiger partial charge in [-0.1, -0.05) is 13.3 Å². The second-order valence-corrected chi connectivity index (χ2v) is 3.61. The predicted octanol–water partition coefficient (Wildman–Crippen LogP) is 1.40. The quantitative estimate of drug-likeness (QED) is 0.771. The van der Waals surface area contributed by atoms with Gasteiger partial charge in [-0.05, 0) is 12.5 Å². The smallest absolute Gasteiger partial charge is 0.305 e. The molecule has 1 heterocycles. The monoisotopic (exact) mass is 234 g/mol. The van der Waals surface area contributed by atoms with Crippen LogP contribution in [0.15, 0.2) is 12.3 Å². The van der Waals surface area contributed by atoms with Crippen LogP contribution in [-0.4, -0.2) is 27.1 Å². The average molecular weight is 234 g/mol. The third kappa shape index (κ3) is 4.47. The fourth-order valence-corrected chi connectivity index (χ4v) is 1.46. The van der Waals surface area contributed by atoms with Gasteiger partial charge in [0.05, 0.1) is 6.42 Å². The van der Waals surface area contributed by atoms with Crippen LogP contribution in [0, 0.1) is 11.3 Å². The Balaban J connectivity index is 2.71. The normalized spacial score (nSPS) is 11.5. The molecule has 0 bridgehead atoms. The molecule has 0 spiro atoms. The molecule has 90 valence electrons. The summed E-state index contributed by atoms with van der Waals surface area (Å²) in [5, 5.41) is 20.4. The first-order valence-electron chi connectivity index (χ1n) is 5.37. The van der Waals surface area contributed by atoms with Crippen molar-refractivity contribution in [3.05, 3.63) is 18.0 Å². The molecule has 1 rings (SSSR count). The third-order valence-corrected chi connectivity index (χ3v) is 2.16. The molecule has 2 N–H and O–H groups in total. The molecule has 0 amide bonds. The number of aliphatic carboxylic acids is 1. The zero-order valence-electron chi connectivity index (χ0n) is 9.55. The number of nitrogens with zero attached hydrogens (tertiary/aromatic N) is 3. The molecule has 0 aliphatic rings. The van der Waals surface area contributed by atoms with Crippen molar-refractivity contribution in [2.24, 2.45) is 0 Å². The second kappa shape index (κ2) is 6.43. The van der Waals surface area contributed by atoms with Crippen LogP contribution in [0.3, 0.4) is 0 Å². The highest BCUT2D eigenvalue weighted by Gasteiger charge is 2.13. The van der Waals surface area contributed by atoms with Gasteiger partial charge in [-0.3, -0.25) is 4.79 Å². The Kier molecular flexibility index (Phi) is 4.88. The maximum absolute atomic E-state index is 10.7. The van der Waals surface area contributed by atoms with Crippen LogP contribution in [0.4, 0.5) is 5.95 Å². The molecule has 0 radical (unpaired) electrons. The van der Waals surface area contributed by atoms with Gasteiger partial charge in [0.25, 0.3) is 0 Å². The summed E-state index contributed by atoms with van der Waals surface area (Å²) in [5.74, 6) is -0.573. The number of aromatic nitrogens is 2. The van der Waals surface area contributed by atoms with E-state index in [1.165, 1.54) is 12.3 Å². The van der Waals surface area contributed by atoms with Crippen molar-refractivity contribution in [2.45, 2.75) is 32.2 Å². The Bertz CT molecular complexity index is 428. The van der Waals surface area contributed by atoms with Crippen LogP contribution in [0.2, 0.25) is 0 Å². The van der Waals surface area contributed by atoms with Crippen molar-refractivity contribution in [3.8, 4) is 6.07 Å². The lowest BCUT2D eigenvalue weighted by Gasteiger charge is -2.15. The van der Waals surface area contributed by atoms with Crippen molar-refractivity contribution in [2.75, 3.05) is 5.32 Å². The SMILES string of the molecule is CCCC(CC(=O)O)Nc1nccc(C#N)n1. The van der Waals surface area contributed by atoms with Gasteiger partial charge in [-0.2, -0.15) is 5.26 Å². The van der Waals surface area contributed by atoms with E-state index in [0.29, 0.717) is 12.4 Å². The number of carboxylic acids is 1. The first-order chi connectivity index (χ1) is 8.15. The summed E-state index contributed by atoms with van der Waals surface area (Å²) in [6.45, 7) is 1.98. The van der Waals surface area contributed by atoms with Crippen molar-refractivity contribution in [1.29, 1.82) is 5.26 Å². The van der Waals surface area contributed by atoms with E-state index in [-0.39, 0.29) is 18.2 Å². The van der Waals surface area contributed by atoms with Crippen LogP contribution in [0.5, 0.6) is 0 Å². The standard InChI is InChI=1S/C11H14N4O2/c1-2-3-8(6-10(16)17)14-11-13-5-4-9(7-12)15-11/h4-5,8H,2-3,6H2,1H3,(H,16,17)(H,13,14,15). The van der Waals surface area contributed by atoms with E-state index in [4.69, 9.17) is 10.4 Å². The highest BCUT2D eigenvalue weighted by atomic mass is 16.4. The molecule has 0 aliphatic heterocycles. The van der Waals surface area contributed by atoms with Gasteiger partial charge in [0.2, 0.25) is 5.95 Å². The maximum atomic E-state index is 10.7. The summed E-state index contributed by atoms with van der Waals surface area (Å²) in [5.41, 5.74) is 0.257. The van der Waals surface area contributed by atoms with E-state index in [1.54, 1.807) is 0 Å². The molecule has 1 aromatic rings. The Morgan fingerprint density at radius 1 is 1.71 bits per heavy atom. The lowest BCUT2D eigenvalue weighted by atomic mass is 10.1. The molecule has 17 heavy (non-hydrogen) atoms. The van der Waals surface area contributed by atoms with E-state index in [0.717, 1.165) is 6.42 Å². The molecule has 6 nitrogen and oxygen atoms in total. The highest BCUT2D eigenvalue weighted by Crippen LogP contribution is 2.09. The van der Waals surface area contributed by atoms with Gasteiger partial charge < -0.3 is 10.4 Å². The van der Waals surface area contributed by atoms with Crippen molar-refractivity contribution in [3.63, 3.8) is 0 Å². The number of anilines is 1. The summed E-state index contributed by atoms with van der Waals surface area (Å²) >= 11 is 0. The molecule has 1 atom stereocenters. The predicted molar refractivity (Wildman–Crippen MR) is 61.3 cm³/mol. The highest BCUT2D eigenvalue weighted by molar-refractivity contribution is 5.68. The molecule has 0 aromatic carbocycles. The number of hydrogen-bond acceptors (Lipinski definition) is 5. The molecular formula is C11H14N4O2. The molecule has 0 saturated carbocycles. The number of carboxylic acid groups (broad SMARTS) is 1. The summed E-state index contributed by atoms with van der Waals surface area (Å²) in [6, 6.07) is 3.19. The van der Waals surface area contributed by atoms with Crippen molar-refractivity contribution < 1.29 is 9.90 Å². The number of hydrogen-bond donors (Lipinski definition) is 2. The Labute approximate surface area is 99.3 Å². The third-order valence-electron chi connectivity index (χ3n) is 2.16. The van der Waals surface area contributed by atoms with Crippen LogP contribution < -0.4 is 5.32 Å². The van der Waals surface area contributed by atoms with Crippen LogP contribution in [0.1, 0.15) is 31.9 Å². The number of nitriles is 1. The average Bonchev–Trinajstić information content (AvgIpc) is 2.29. The Hall–Kier alpha value is -2.16. The largest absolute Gasteiger partial charge is 0.481 e. The van der Waals surface area contributed by atoms with Gasteiger partial charge >= 0.3 is 5.97 Å². The lowest BCUT2D eigenvalue weighted by Crippen LogP contribution is -2.24. The molecule has 0 fully saturated rings. The van der Waals surface area contributed by atoms with Gasteiger partial charge in [0.15, 0.2) is 0 Å². The molecular weight excluding hydrogens is 220 g/mol. The molecule has 1 unspecified atom stereocenters. The minimum Gasteiger partial charge on any atom is -0.481 e. The van der Waals surface area contributed by atoms with Crippen molar-refractivity contribution >= 4 is 11.9 Å². The Morgan fingerprint density at radius 3 is 3.06 bits per heavy atom. The molecule has 0 saturated heterocycles. The fraction of sp³-hybridized carbons (Fsp3) is 0.455. The zero-order chi connectivity index (χ0) is 12.7. The van der Waals surface area contributed by atoms with E-state index in [1.807, 2.05) is 13.0 Å². The minimum absolute atomic E-state index is 0.00792. The van der Waals surface area contributed by atoms with Crippen molar-refractivity contribution in [1.82, 2.24) is 9.97 Å². The summed E-state index contributed by atoms with van der Waals surface area (Å²) in [7, 11) is 0. The first-order valence-corrected chi connectivity index (χ1v) is 5.37. The van der Waals surface area contributed by atoms with Crippen LogP contribution in [0.25, 0.3) is 0 Å². The molecule has 6 heteroatoms. The van der Waals surface area contributed by atoms with E-state index in [9.17, 15) is 4.79 Å². The minimum atomic E-state index is -0.868. The fourth-order valence-electron chi connectivity index (χ4n) is 1.46. The first kappa shape index (κ1) is 12.9. The van der Waals surface area contributed by atoms with Gasteiger partial charge in [0, 0.05) is 12.2 Å². The maximum Gasteiger partial charge on any atom is 0.305 e. The topological polar surface area (TPSA) is 98.9 Å². The van der Waals surface area contributed by atoms with E-state index >= 15 is 0 Å². The number of rotatable bonds is 6. The summed E-state index contributed by atoms with van der Waals surface area (Å²) in [4.78, 5) is 18.6. The lowest BCUT2D eigenvalue weighted by molar-refractivity contribution is -0.137. The Morgan fingerprint density at radius 2 is 2.47 bits per heavy atom. The van der Waals surface area contributed by atoms with Gasteiger partial charge in [-0.15, -0.1) is 0 Å². The number of nitrogens with one attached hydrogen (secondary N) is 1. The molecule has 0 aliphatic carbocycles. The van der Waals surface area contributed by atoms with E-state index in [2.05, 4.69) is 15.3 Å². The summed E-state index contributed by atoms with van der Waals surface area (Å²) in [6.07, 6.45) is 3.06. The van der Waals surface area contributed by atoms with Gasteiger partial charge in [-0.25, -0.2) is 9.97 Å². The van der Waals surface area contributed by atoms with Gasteiger partial charge in [0.1, 0.15) is 11.8 Å². The zero-order valence-corrected chi connectivity index (χ0v) is 9.55. The van der Waals surface area contributed by atoms with Crippen LogP contribution in [-0.2, 0) is 4.79 Å². The number of carbonyl (C=O) groups is 1. The second-order valence-electron chi connectivity index (χ2n) is 3.61. The van der Waals surface area contributed by atoms with Crippen LogP contribution >= 0.6 is 0 Å². The van der Waals surface area contributed by atoms with E-state index < -0.39 is 5.97 Å². The summed E-state index contributed by atoms with van der Waals surface area (Å²) < 4.78 is 0.